The van der Waals surface area contributed by atoms with E-state index in [2.05, 4.69) is 15.4 Å². The van der Waals surface area contributed by atoms with Crippen molar-refractivity contribution in [3.8, 4) is 0 Å². The molecule has 0 amide bonds. The van der Waals surface area contributed by atoms with Crippen LogP contribution in [0.25, 0.3) is 0 Å². The lowest BCUT2D eigenvalue weighted by molar-refractivity contribution is 0.830. The van der Waals surface area contributed by atoms with Crippen LogP contribution in [-0.2, 0) is 0 Å². The molecule has 0 heterocycles. The second-order valence-electron chi connectivity index (χ2n) is 1.33. The van der Waals surface area contributed by atoms with Crippen molar-refractivity contribution in [1.82, 2.24) is 5.32 Å². The second-order valence-corrected chi connectivity index (χ2v) is 1.33. The highest BCUT2D eigenvalue weighted by atomic mass is 15.1. The van der Waals surface area contributed by atoms with E-state index in [4.69, 9.17) is 5.53 Å². The van der Waals surface area contributed by atoms with Crippen molar-refractivity contribution in [2.75, 3.05) is 13.7 Å². The third kappa shape index (κ3) is 3.42. The van der Waals surface area contributed by atoms with Gasteiger partial charge in [-0.15, -0.1) is 5.11 Å². The van der Waals surface area contributed by atoms with Gasteiger partial charge in [0.05, 0.1) is 6.67 Å². The van der Waals surface area contributed by atoms with E-state index in [9.17, 15) is 0 Å². The first kappa shape index (κ1) is 7.23. The van der Waals surface area contributed by atoms with Crippen LogP contribution < -0.4 is 5.32 Å². The molecule has 0 atom stereocenters. The minimum absolute atomic E-state index is 0.499. The number of nitrogens with zero attached hydrogens (tertiary/aromatic N) is 2. The third-order valence-electron chi connectivity index (χ3n) is 0.628. The Morgan fingerprint density at radius 1 is 1.75 bits per heavy atom. The van der Waals surface area contributed by atoms with E-state index in [1.54, 1.807) is 14.0 Å². The standard InChI is InChI=1S/C4H10N4/c1-4(8-5)7-3-6-2/h5-6H,3H2,1-2H3/b7-4-,8-5?. The summed E-state index contributed by atoms with van der Waals surface area (Å²) < 4.78 is 0. The summed E-state index contributed by atoms with van der Waals surface area (Å²) in [6.45, 7) is 2.22. The molecular formula is C4H10N4. The van der Waals surface area contributed by atoms with Crippen LogP contribution >= 0.6 is 0 Å². The Morgan fingerprint density at radius 3 is 2.75 bits per heavy atom. The van der Waals surface area contributed by atoms with Crippen molar-refractivity contribution in [1.29, 1.82) is 5.53 Å². The van der Waals surface area contributed by atoms with Gasteiger partial charge in [-0.25, -0.2) is 5.53 Å². The number of nitrogens with one attached hydrogen (secondary N) is 2. The van der Waals surface area contributed by atoms with Crippen LogP contribution in [0.2, 0.25) is 0 Å². The van der Waals surface area contributed by atoms with Crippen LogP contribution in [0.15, 0.2) is 10.1 Å². The van der Waals surface area contributed by atoms with Crippen molar-refractivity contribution in [3.63, 3.8) is 0 Å². The quantitative estimate of drug-likeness (QED) is 0.308. The van der Waals surface area contributed by atoms with Crippen LogP contribution in [0.5, 0.6) is 0 Å². The normalized spacial score (nSPS) is 11.5. The average Bonchev–Trinajstić information content (AvgIpc) is 1.83. The molecule has 0 unspecified atom stereocenters. The minimum atomic E-state index is 0.499. The van der Waals surface area contributed by atoms with Crippen molar-refractivity contribution >= 4 is 5.84 Å². The maximum absolute atomic E-state index is 6.45. The Morgan fingerprint density at radius 2 is 2.38 bits per heavy atom. The lowest BCUT2D eigenvalue weighted by Gasteiger charge is -1.88. The van der Waals surface area contributed by atoms with Crippen LogP contribution in [0.1, 0.15) is 6.92 Å². The van der Waals surface area contributed by atoms with Crippen LogP contribution in [0.4, 0.5) is 0 Å². The maximum atomic E-state index is 6.45. The molecule has 8 heavy (non-hydrogen) atoms. The van der Waals surface area contributed by atoms with Crippen LogP contribution in [0, 0.1) is 5.53 Å². The van der Waals surface area contributed by atoms with Gasteiger partial charge < -0.3 is 5.32 Å². The summed E-state index contributed by atoms with van der Waals surface area (Å²) in [4.78, 5) is 3.81. The zero-order valence-corrected chi connectivity index (χ0v) is 5.10. The molecule has 0 fully saturated rings. The van der Waals surface area contributed by atoms with Gasteiger partial charge in [0, 0.05) is 0 Å². The zero-order valence-electron chi connectivity index (χ0n) is 5.10. The summed E-state index contributed by atoms with van der Waals surface area (Å²) >= 11 is 0. The molecule has 4 nitrogen and oxygen atoms in total. The van der Waals surface area contributed by atoms with Gasteiger partial charge in [-0.3, -0.25) is 4.99 Å². The molecule has 0 saturated heterocycles. The van der Waals surface area contributed by atoms with Crippen molar-refractivity contribution in [2.45, 2.75) is 6.92 Å². The third-order valence-corrected chi connectivity index (χ3v) is 0.628. The Bertz CT molecular complexity index is 96.2. The van der Waals surface area contributed by atoms with Gasteiger partial charge in [-0.2, -0.15) is 0 Å². The van der Waals surface area contributed by atoms with Gasteiger partial charge in [0.2, 0.25) is 0 Å². The molecule has 46 valence electrons. The van der Waals surface area contributed by atoms with Crippen molar-refractivity contribution in [3.05, 3.63) is 0 Å². The average molecular weight is 114 g/mol. The second kappa shape index (κ2) is 4.39. The van der Waals surface area contributed by atoms with Gasteiger partial charge in [-0.05, 0) is 14.0 Å². The first-order valence-corrected chi connectivity index (χ1v) is 2.34. The molecule has 0 aromatic carbocycles. The highest BCUT2D eigenvalue weighted by molar-refractivity contribution is 5.79. The van der Waals surface area contributed by atoms with Crippen molar-refractivity contribution < 1.29 is 0 Å². The topological polar surface area (TPSA) is 60.6 Å². The van der Waals surface area contributed by atoms with Crippen LogP contribution in [0.3, 0.4) is 0 Å². The van der Waals surface area contributed by atoms with E-state index in [-0.39, 0.29) is 0 Å². The van der Waals surface area contributed by atoms with E-state index < -0.39 is 0 Å². The van der Waals surface area contributed by atoms with Gasteiger partial charge in [-0.1, -0.05) is 0 Å². The van der Waals surface area contributed by atoms with E-state index in [0.29, 0.717) is 12.5 Å². The molecule has 0 aromatic heterocycles. The Hall–Kier alpha value is -0.770. The maximum Gasteiger partial charge on any atom is 0.143 e. The number of rotatable bonds is 2. The van der Waals surface area contributed by atoms with E-state index in [1.807, 2.05) is 0 Å². The highest BCUT2D eigenvalue weighted by Gasteiger charge is 1.78. The predicted molar refractivity (Wildman–Crippen MR) is 32.2 cm³/mol. The molecule has 0 aliphatic heterocycles. The molecule has 0 aromatic rings. The number of aliphatic imine (C=N–C) groups is 1. The van der Waals surface area contributed by atoms with Crippen molar-refractivity contribution in [2.24, 2.45) is 10.1 Å². The molecule has 0 radical (unpaired) electrons. The van der Waals surface area contributed by atoms with E-state index in [0.717, 1.165) is 0 Å². The molecule has 0 saturated carbocycles. The fraction of sp³-hybridized carbons (Fsp3) is 0.750. The molecule has 0 aliphatic rings. The number of hydrogen-bond donors (Lipinski definition) is 2. The van der Waals surface area contributed by atoms with Gasteiger partial charge in [0.1, 0.15) is 5.84 Å². The monoisotopic (exact) mass is 114 g/mol. The summed E-state index contributed by atoms with van der Waals surface area (Å²) in [7, 11) is 1.79. The predicted octanol–water partition coefficient (Wildman–Crippen LogP) is 0.613. The summed E-state index contributed by atoms with van der Waals surface area (Å²) in [5.74, 6) is 0.499. The smallest absolute Gasteiger partial charge is 0.143 e. The first-order valence-electron chi connectivity index (χ1n) is 2.34. The van der Waals surface area contributed by atoms with Gasteiger partial charge in [0.25, 0.3) is 0 Å². The van der Waals surface area contributed by atoms with E-state index >= 15 is 0 Å². The summed E-state index contributed by atoms with van der Waals surface area (Å²) in [6, 6.07) is 0. The minimum Gasteiger partial charge on any atom is -0.301 e. The number of hydrogen-bond acceptors (Lipinski definition) is 3. The zero-order chi connectivity index (χ0) is 6.41. The molecule has 0 spiro atoms. The summed E-state index contributed by atoms with van der Waals surface area (Å²) in [5.41, 5.74) is 6.45. The van der Waals surface area contributed by atoms with Crippen LogP contribution in [-0.4, -0.2) is 19.6 Å². The fourth-order valence-electron chi connectivity index (χ4n) is 0.229. The Balaban J connectivity index is 3.40. The summed E-state index contributed by atoms with van der Waals surface area (Å²) in [6.07, 6.45) is 0. The molecular weight excluding hydrogens is 104 g/mol. The molecule has 0 bridgehead atoms. The largest absolute Gasteiger partial charge is 0.301 e. The fourth-order valence-corrected chi connectivity index (χ4v) is 0.229. The van der Waals surface area contributed by atoms with Gasteiger partial charge in [0.15, 0.2) is 0 Å². The Labute approximate surface area is 48.5 Å². The molecule has 2 N–H and O–H groups in total. The molecule has 0 aliphatic carbocycles. The Kier molecular flexibility index (Phi) is 3.97. The number of amidine groups is 1. The first-order chi connectivity index (χ1) is 3.81. The molecule has 0 rings (SSSR count). The van der Waals surface area contributed by atoms with E-state index in [1.165, 1.54) is 0 Å². The lowest BCUT2D eigenvalue weighted by Crippen LogP contribution is -2.06. The van der Waals surface area contributed by atoms with Gasteiger partial charge >= 0.3 is 0 Å². The SMILES string of the molecule is CNC/N=C(/C)N=N. The molecule has 4 heteroatoms. The highest BCUT2D eigenvalue weighted by Crippen LogP contribution is 1.74. The lowest BCUT2D eigenvalue weighted by atomic mass is 10.7. The summed E-state index contributed by atoms with van der Waals surface area (Å²) in [5, 5.41) is 5.89.